The van der Waals surface area contributed by atoms with Gasteiger partial charge < -0.3 is 18.9 Å². The van der Waals surface area contributed by atoms with Gasteiger partial charge in [0.25, 0.3) is 0 Å². The Labute approximate surface area is 152 Å². The van der Waals surface area contributed by atoms with Gasteiger partial charge in [-0.1, -0.05) is 13.8 Å². The molecule has 25 heavy (non-hydrogen) atoms. The van der Waals surface area contributed by atoms with E-state index < -0.39 is 0 Å². The molecule has 2 saturated carbocycles. The van der Waals surface area contributed by atoms with E-state index in [2.05, 4.69) is 13.8 Å². The van der Waals surface area contributed by atoms with Gasteiger partial charge in [-0.2, -0.15) is 0 Å². The fourth-order valence-corrected chi connectivity index (χ4v) is 5.57. The maximum absolute atomic E-state index is 6.03. The lowest BCUT2D eigenvalue weighted by atomic mass is 9.59. The van der Waals surface area contributed by atoms with Crippen molar-refractivity contribution in [3.8, 4) is 0 Å². The molecule has 144 valence electrons. The maximum Gasteiger partial charge on any atom is 0.147 e. The molecule has 4 aliphatic rings. The molecule has 0 N–H and O–H groups in total. The topological polar surface area (TPSA) is 40.2 Å². The minimum atomic E-state index is 0.368. The molecule has 4 rings (SSSR count). The van der Waals surface area contributed by atoms with Gasteiger partial charge in [0.1, 0.15) is 12.9 Å². The predicted octanol–water partition coefficient (Wildman–Crippen LogP) is 4.17. The Morgan fingerprint density at radius 1 is 0.840 bits per heavy atom. The van der Waals surface area contributed by atoms with E-state index in [-0.39, 0.29) is 0 Å². The Morgan fingerprint density at radius 3 is 2.04 bits per heavy atom. The van der Waals surface area contributed by atoms with Crippen LogP contribution >= 0.6 is 0 Å². The highest BCUT2D eigenvalue weighted by atomic mass is 16.7. The first-order valence-corrected chi connectivity index (χ1v) is 10.6. The molecule has 4 nitrogen and oxygen atoms in total. The van der Waals surface area contributed by atoms with Crippen LogP contribution in [0, 0.1) is 23.2 Å². The number of epoxide rings is 1. The van der Waals surface area contributed by atoms with E-state index in [0.29, 0.717) is 30.5 Å². The van der Waals surface area contributed by atoms with Gasteiger partial charge >= 0.3 is 0 Å². The lowest BCUT2D eigenvalue weighted by Crippen LogP contribution is -2.39. The van der Waals surface area contributed by atoms with Gasteiger partial charge in [-0.3, -0.25) is 0 Å². The number of rotatable bonds is 6. The average Bonchev–Trinajstić information content (AvgIpc) is 3.31. The van der Waals surface area contributed by atoms with Crippen LogP contribution in [-0.4, -0.2) is 44.9 Å². The second kappa shape index (κ2) is 7.84. The Balaban J connectivity index is 1.22. The second-order valence-corrected chi connectivity index (χ2v) is 9.39. The van der Waals surface area contributed by atoms with Crippen LogP contribution < -0.4 is 0 Å². The molecule has 2 atom stereocenters. The summed E-state index contributed by atoms with van der Waals surface area (Å²) in [6.07, 6.45) is 11.8. The summed E-state index contributed by atoms with van der Waals surface area (Å²) < 4.78 is 22.4. The first kappa shape index (κ1) is 18.2. The summed E-state index contributed by atoms with van der Waals surface area (Å²) in [6, 6.07) is 0. The maximum atomic E-state index is 6.03. The first-order valence-electron chi connectivity index (χ1n) is 10.6. The van der Waals surface area contributed by atoms with E-state index in [0.717, 1.165) is 37.6 Å². The highest BCUT2D eigenvalue weighted by molar-refractivity contribution is 4.92. The standard InChI is InChI=1S/C21H36O4/c1-21(2,16-5-3-15(4-6-16)20-13-22-14-25-20)17-7-9-18(10-8-17)23-11-19-12-24-19/h15-20H,3-14H2,1-2H3. The van der Waals surface area contributed by atoms with Crippen LogP contribution in [0.2, 0.25) is 0 Å². The van der Waals surface area contributed by atoms with Crippen LogP contribution in [0.4, 0.5) is 0 Å². The van der Waals surface area contributed by atoms with Gasteiger partial charge in [-0.25, -0.2) is 0 Å². The zero-order valence-electron chi connectivity index (χ0n) is 16.1. The Morgan fingerprint density at radius 2 is 1.48 bits per heavy atom. The van der Waals surface area contributed by atoms with Crippen LogP contribution in [0.15, 0.2) is 0 Å². The van der Waals surface area contributed by atoms with Gasteiger partial charge in [0, 0.05) is 0 Å². The number of hydrogen-bond donors (Lipinski definition) is 0. The number of hydrogen-bond acceptors (Lipinski definition) is 4. The third kappa shape index (κ3) is 4.40. The third-order valence-corrected chi connectivity index (χ3v) is 7.64. The van der Waals surface area contributed by atoms with Crippen molar-refractivity contribution in [1.29, 1.82) is 0 Å². The molecule has 0 aromatic heterocycles. The van der Waals surface area contributed by atoms with Crippen molar-refractivity contribution in [2.45, 2.75) is 83.5 Å². The van der Waals surface area contributed by atoms with Crippen molar-refractivity contribution in [2.24, 2.45) is 23.2 Å². The van der Waals surface area contributed by atoms with Crippen molar-refractivity contribution in [1.82, 2.24) is 0 Å². The molecule has 0 bridgehead atoms. The predicted molar refractivity (Wildman–Crippen MR) is 96.4 cm³/mol. The SMILES string of the molecule is CC(C)(C1CCC(OCC2CO2)CC1)C1CCC(C2COCO2)CC1. The Kier molecular flexibility index (Phi) is 5.71. The quantitative estimate of drug-likeness (QED) is 0.673. The highest BCUT2D eigenvalue weighted by Crippen LogP contribution is 2.50. The molecule has 2 aliphatic heterocycles. The molecule has 2 unspecified atom stereocenters. The summed E-state index contributed by atoms with van der Waals surface area (Å²) in [7, 11) is 0. The van der Waals surface area contributed by atoms with E-state index >= 15 is 0 Å². The summed E-state index contributed by atoms with van der Waals surface area (Å²) in [5.41, 5.74) is 0.461. The van der Waals surface area contributed by atoms with Gasteiger partial charge in [-0.05, 0) is 74.5 Å². The molecule has 4 fully saturated rings. The van der Waals surface area contributed by atoms with Crippen LogP contribution in [0.1, 0.15) is 65.2 Å². The zero-order valence-corrected chi connectivity index (χ0v) is 16.1. The minimum absolute atomic E-state index is 0.368. The Bertz CT molecular complexity index is 412. The Hall–Kier alpha value is -0.160. The van der Waals surface area contributed by atoms with Crippen molar-refractivity contribution < 1.29 is 18.9 Å². The monoisotopic (exact) mass is 352 g/mol. The molecule has 0 aromatic carbocycles. The molecule has 2 saturated heterocycles. The molecule has 0 amide bonds. The lowest BCUT2D eigenvalue weighted by Gasteiger charge is -2.47. The average molecular weight is 353 g/mol. The third-order valence-electron chi connectivity index (χ3n) is 7.64. The molecule has 0 spiro atoms. The molecular weight excluding hydrogens is 316 g/mol. The van der Waals surface area contributed by atoms with Gasteiger partial charge in [0.15, 0.2) is 0 Å². The largest absolute Gasteiger partial charge is 0.375 e. The van der Waals surface area contributed by atoms with E-state index in [9.17, 15) is 0 Å². The van der Waals surface area contributed by atoms with Crippen molar-refractivity contribution >= 4 is 0 Å². The van der Waals surface area contributed by atoms with Crippen molar-refractivity contribution in [3.63, 3.8) is 0 Å². The van der Waals surface area contributed by atoms with E-state index in [1.54, 1.807) is 0 Å². The van der Waals surface area contributed by atoms with Crippen LogP contribution in [0.25, 0.3) is 0 Å². The smallest absolute Gasteiger partial charge is 0.147 e. The molecule has 2 heterocycles. The van der Waals surface area contributed by atoms with Gasteiger partial charge in [0.05, 0.1) is 32.0 Å². The molecular formula is C21H36O4. The van der Waals surface area contributed by atoms with Crippen molar-refractivity contribution in [3.05, 3.63) is 0 Å². The fourth-order valence-electron chi connectivity index (χ4n) is 5.57. The number of ether oxygens (including phenoxy) is 4. The summed E-state index contributed by atoms with van der Waals surface area (Å²) in [5, 5.41) is 0. The highest BCUT2D eigenvalue weighted by Gasteiger charge is 2.42. The minimum Gasteiger partial charge on any atom is -0.375 e. The normalized spacial score (nSPS) is 42.5. The summed E-state index contributed by atoms with van der Waals surface area (Å²) in [6.45, 7) is 8.12. The van der Waals surface area contributed by atoms with E-state index in [4.69, 9.17) is 18.9 Å². The first-order chi connectivity index (χ1) is 12.1. The van der Waals surface area contributed by atoms with Crippen LogP contribution in [0.3, 0.4) is 0 Å². The summed E-state index contributed by atoms with van der Waals surface area (Å²) in [5.74, 6) is 2.45. The molecule has 2 aliphatic carbocycles. The molecule has 0 aromatic rings. The second-order valence-electron chi connectivity index (χ2n) is 9.39. The van der Waals surface area contributed by atoms with E-state index in [1.807, 2.05) is 0 Å². The lowest BCUT2D eigenvalue weighted by molar-refractivity contribution is -0.0293. The molecule has 0 radical (unpaired) electrons. The van der Waals surface area contributed by atoms with Crippen molar-refractivity contribution in [2.75, 3.05) is 26.6 Å². The zero-order chi connectivity index (χ0) is 17.3. The summed E-state index contributed by atoms with van der Waals surface area (Å²) in [4.78, 5) is 0. The van der Waals surface area contributed by atoms with Crippen LogP contribution in [-0.2, 0) is 18.9 Å². The van der Waals surface area contributed by atoms with E-state index in [1.165, 1.54) is 51.4 Å². The van der Waals surface area contributed by atoms with Crippen LogP contribution in [0.5, 0.6) is 0 Å². The fraction of sp³-hybridized carbons (Fsp3) is 1.00. The van der Waals surface area contributed by atoms with Gasteiger partial charge in [-0.15, -0.1) is 0 Å². The molecule has 4 heteroatoms. The van der Waals surface area contributed by atoms with Gasteiger partial charge in [0.2, 0.25) is 0 Å². The summed E-state index contributed by atoms with van der Waals surface area (Å²) >= 11 is 0.